The summed E-state index contributed by atoms with van der Waals surface area (Å²) in [5.74, 6) is -0.424. The van der Waals surface area contributed by atoms with E-state index in [1.807, 2.05) is 6.92 Å². The van der Waals surface area contributed by atoms with Gasteiger partial charge in [-0.1, -0.05) is 0 Å². The molecule has 0 bridgehead atoms. The van der Waals surface area contributed by atoms with Gasteiger partial charge in [-0.05, 0) is 6.92 Å². The normalized spacial score (nSPS) is 13.2. The van der Waals surface area contributed by atoms with Crippen LogP contribution in [0.5, 0.6) is 0 Å². The minimum Gasteiger partial charge on any atom is -0.432 e. The first kappa shape index (κ1) is 27.2. The second kappa shape index (κ2) is 12.8. The molecular formula is C12H30NiO3P2+2. The second-order valence-corrected chi connectivity index (χ2v) is 12.8. The molecule has 3 nitrogen and oxygen atoms in total. The minimum absolute atomic E-state index is 0. The van der Waals surface area contributed by atoms with Crippen molar-refractivity contribution in [2.75, 3.05) is 33.3 Å². The van der Waals surface area contributed by atoms with Crippen molar-refractivity contribution in [1.82, 2.24) is 0 Å². The average molecular weight is 343 g/mol. The van der Waals surface area contributed by atoms with Gasteiger partial charge in [0.1, 0.15) is 5.66 Å². The molecule has 114 valence electrons. The minimum atomic E-state index is -0.920. The Kier molecular flexibility index (Phi) is 19.3. The third-order valence-corrected chi connectivity index (χ3v) is 3.73. The molecule has 0 aliphatic carbocycles. The van der Waals surface area contributed by atoms with Crippen LogP contribution in [-0.2, 0) is 26.0 Å². The quantitative estimate of drug-likeness (QED) is 0.282. The van der Waals surface area contributed by atoms with E-state index in [0.29, 0.717) is 0 Å². The van der Waals surface area contributed by atoms with Crippen LogP contribution in [-0.4, -0.2) is 56.3 Å². The van der Waals surface area contributed by atoms with Crippen LogP contribution in [0.25, 0.3) is 0 Å². The molecule has 0 radical (unpaired) electrons. The molecule has 1 N–H and O–H groups in total. The number of aliphatic hydroxyl groups is 1. The van der Waals surface area contributed by atoms with Crippen LogP contribution in [0, 0.1) is 14.1 Å². The van der Waals surface area contributed by atoms with E-state index in [-0.39, 0.29) is 29.6 Å². The number of rotatable bonds is 3. The fourth-order valence-electron chi connectivity index (χ4n) is 0.557. The van der Waals surface area contributed by atoms with E-state index < -0.39 is 27.4 Å². The number of carbonyl (C=O) groups is 1. The SMILES string of the molecule is CC(=O)OC(O)C(C)[PH+](C)C.[CH2-][P+](C)(C)C.[CH3-].[Ni+2]. The van der Waals surface area contributed by atoms with E-state index in [4.69, 9.17) is 0 Å². The number of esters is 1. The zero-order valence-electron chi connectivity index (χ0n) is 12.9. The molecule has 6 heteroatoms. The first-order chi connectivity index (χ1) is 6.95. The predicted octanol–water partition coefficient (Wildman–Crippen LogP) is 2.86. The fraction of sp³-hybridized carbons (Fsp3) is 0.750. The van der Waals surface area contributed by atoms with Gasteiger partial charge in [-0.2, -0.15) is 6.66 Å². The maximum Gasteiger partial charge on any atom is 2.00 e. The summed E-state index contributed by atoms with van der Waals surface area (Å²) < 4.78 is 4.62. The van der Waals surface area contributed by atoms with Gasteiger partial charge in [-0.25, -0.2) is 0 Å². The number of carbonyl (C=O) groups excluding carboxylic acids is 1. The number of hydrogen-bond donors (Lipinski definition) is 1. The van der Waals surface area contributed by atoms with E-state index in [2.05, 4.69) is 44.7 Å². The average Bonchev–Trinajstić information content (AvgIpc) is 1.97. The van der Waals surface area contributed by atoms with Crippen molar-refractivity contribution < 1.29 is 31.1 Å². The van der Waals surface area contributed by atoms with Gasteiger partial charge in [0.25, 0.3) is 0 Å². The molecule has 0 spiro atoms. The van der Waals surface area contributed by atoms with Gasteiger partial charge in [0.2, 0.25) is 6.29 Å². The zero-order chi connectivity index (χ0) is 13.5. The first-order valence-electron chi connectivity index (χ1n) is 5.26. The summed E-state index contributed by atoms with van der Waals surface area (Å²) in [6, 6.07) is 0. The monoisotopic (exact) mass is 342 g/mol. The molecule has 0 aromatic carbocycles. The van der Waals surface area contributed by atoms with Gasteiger partial charge >= 0.3 is 22.5 Å². The summed E-state index contributed by atoms with van der Waals surface area (Å²) in [6.07, 6.45) is -0.920. The van der Waals surface area contributed by atoms with E-state index in [0.717, 1.165) is 0 Å². The Labute approximate surface area is 125 Å². The Hall–Kier alpha value is 0.784. The van der Waals surface area contributed by atoms with Gasteiger partial charge in [-0.15, -0.1) is 7.26 Å². The van der Waals surface area contributed by atoms with Crippen molar-refractivity contribution in [1.29, 1.82) is 0 Å². The van der Waals surface area contributed by atoms with Crippen molar-refractivity contribution in [2.24, 2.45) is 0 Å². The van der Waals surface area contributed by atoms with Crippen molar-refractivity contribution in [3.05, 3.63) is 14.1 Å². The molecule has 0 rings (SSSR count). The van der Waals surface area contributed by atoms with Crippen molar-refractivity contribution in [3.63, 3.8) is 0 Å². The Morgan fingerprint density at radius 3 is 1.78 bits per heavy atom. The smallest absolute Gasteiger partial charge is 0.432 e. The Morgan fingerprint density at radius 1 is 1.33 bits per heavy atom. The van der Waals surface area contributed by atoms with E-state index in [1.54, 1.807) is 0 Å². The summed E-state index contributed by atoms with van der Waals surface area (Å²) in [6.45, 7) is 17.8. The molecule has 0 aliphatic heterocycles. The Morgan fingerprint density at radius 2 is 1.61 bits per heavy atom. The van der Waals surface area contributed by atoms with Crippen LogP contribution in [0.15, 0.2) is 0 Å². The van der Waals surface area contributed by atoms with E-state index in [9.17, 15) is 9.90 Å². The van der Waals surface area contributed by atoms with Gasteiger partial charge in [0, 0.05) is 48.2 Å². The van der Waals surface area contributed by atoms with Gasteiger partial charge in [0.05, 0.1) is 0 Å². The molecule has 0 heterocycles. The molecule has 2 unspecified atom stereocenters. The maximum atomic E-state index is 10.4. The Balaban J connectivity index is -0.000000122. The van der Waals surface area contributed by atoms with Crippen molar-refractivity contribution in [2.45, 2.75) is 25.8 Å². The van der Waals surface area contributed by atoms with Crippen molar-refractivity contribution in [3.8, 4) is 0 Å². The van der Waals surface area contributed by atoms with Crippen LogP contribution >= 0.6 is 15.2 Å². The summed E-state index contributed by atoms with van der Waals surface area (Å²) in [5.41, 5.74) is 0.0869. The van der Waals surface area contributed by atoms with Crippen LogP contribution in [0.1, 0.15) is 13.8 Å². The second-order valence-electron chi connectivity index (χ2n) is 5.16. The zero-order valence-corrected chi connectivity index (χ0v) is 15.8. The summed E-state index contributed by atoms with van der Waals surface area (Å²) in [5, 5.41) is 9.24. The summed E-state index contributed by atoms with van der Waals surface area (Å²) >= 11 is 0. The molecule has 0 aliphatic rings. The molecule has 0 amide bonds. The van der Waals surface area contributed by atoms with Crippen LogP contribution in [0.4, 0.5) is 0 Å². The largest absolute Gasteiger partial charge is 2.00 e. The first-order valence-corrected chi connectivity index (χ1v) is 11.2. The predicted molar refractivity (Wildman–Crippen MR) is 83.9 cm³/mol. The van der Waals surface area contributed by atoms with E-state index in [1.165, 1.54) is 6.92 Å². The van der Waals surface area contributed by atoms with Gasteiger partial charge in [-0.3, -0.25) is 4.79 Å². The molecule has 0 aromatic rings. The molecule has 0 fully saturated rings. The fourth-order valence-corrected chi connectivity index (χ4v) is 1.20. The van der Waals surface area contributed by atoms with Gasteiger partial charge in [0.15, 0.2) is 0 Å². The number of hydrogen-bond acceptors (Lipinski definition) is 3. The van der Waals surface area contributed by atoms with Crippen LogP contribution in [0.2, 0.25) is 0 Å². The van der Waals surface area contributed by atoms with Crippen molar-refractivity contribution >= 4 is 21.2 Å². The molecule has 18 heavy (non-hydrogen) atoms. The topological polar surface area (TPSA) is 46.5 Å². The summed E-state index contributed by atoms with van der Waals surface area (Å²) in [7, 11) is -1.22. The maximum absolute atomic E-state index is 10.4. The standard InChI is InChI=1S/C7H15O3P.C4H11P.CH3.Ni/c1-5(11(3)4)7(9)10-6(2)8;1-5(2,3)4;;/h5,7,9H,1-4H3;1H2,2-4H3;1H3;/q;;-1;+2/p+1. The molecule has 0 saturated carbocycles. The van der Waals surface area contributed by atoms with E-state index >= 15 is 0 Å². The molecule has 0 aromatic heterocycles. The third kappa shape index (κ3) is 25.6. The Bertz CT molecular complexity index is 200. The number of aliphatic hydroxyl groups excluding tert-OH is 1. The molecule has 0 saturated heterocycles. The molecular weight excluding hydrogens is 313 g/mol. The van der Waals surface area contributed by atoms with Crippen LogP contribution in [0.3, 0.4) is 0 Å². The molecule has 2 atom stereocenters. The van der Waals surface area contributed by atoms with Gasteiger partial charge < -0.3 is 17.3 Å². The van der Waals surface area contributed by atoms with Crippen LogP contribution < -0.4 is 0 Å². The summed E-state index contributed by atoms with van der Waals surface area (Å²) in [4.78, 5) is 10.4. The number of ether oxygens (including phenoxy) is 1. The third-order valence-electron chi connectivity index (χ3n) is 1.63.